The lowest BCUT2D eigenvalue weighted by molar-refractivity contribution is -0.123. The second kappa shape index (κ2) is 9.01. The summed E-state index contributed by atoms with van der Waals surface area (Å²) < 4.78 is 51.2. The van der Waals surface area contributed by atoms with E-state index in [1.165, 1.54) is 41.6 Å². The number of hydrogen-bond acceptors (Lipinski definition) is 5. The van der Waals surface area contributed by atoms with Gasteiger partial charge in [0.2, 0.25) is 15.9 Å². The molecule has 2 aromatic rings. The van der Waals surface area contributed by atoms with Crippen molar-refractivity contribution in [3.05, 3.63) is 48.3 Å². The molecule has 2 aromatic carbocycles. The average molecular weight is 437 g/mol. The summed E-state index contributed by atoms with van der Waals surface area (Å²) >= 11 is 0. The maximum Gasteiger partial charge on any atom is 0.246 e. The summed E-state index contributed by atoms with van der Waals surface area (Å²) in [4.78, 5) is 14.3. The minimum absolute atomic E-state index is 0.0394. The summed E-state index contributed by atoms with van der Waals surface area (Å²) in [5, 5.41) is 0. The molecule has 1 aliphatic heterocycles. The van der Waals surface area contributed by atoms with E-state index in [0.29, 0.717) is 24.3 Å². The van der Waals surface area contributed by atoms with Crippen LogP contribution in [0.1, 0.15) is 12.8 Å². The lowest BCUT2D eigenvalue weighted by Gasteiger charge is -2.32. The van der Waals surface area contributed by atoms with Crippen LogP contribution in [0.3, 0.4) is 0 Å². The van der Waals surface area contributed by atoms with Crippen LogP contribution in [-0.4, -0.2) is 53.0 Å². The van der Waals surface area contributed by atoms with Crippen molar-refractivity contribution in [2.24, 2.45) is 5.92 Å². The lowest BCUT2D eigenvalue weighted by Crippen LogP contribution is -2.43. The molecule has 1 saturated heterocycles. The first-order valence-corrected chi connectivity index (χ1v) is 11.0. The van der Waals surface area contributed by atoms with E-state index in [1.54, 1.807) is 31.3 Å². The topological polar surface area (TPSA) is 76.1 Å². The van der Waals surface area contributed by atoms with Crippen molar-refractivity contribution in [2.75, 3.05) is 39.3 Å². The van der Waals surface area contributed by atoms with Crippen molar-refractivity contribution in [1.29, 1.82) is 0 Å². The molecule has 9 heteroatoms. The number of halogens is 1. The molecule has 0 radical (unpaired) electrons. The lowest BCUT2D eigenvalue weighted by atomic mass is 9.96. The van der Waals surface area contributed by atoms with Crippen LogP contribution < -0.4 is 14.4 Å². The number of carbonyl (C=O) groups excluding carboxylic acids is 1. The van der Waals surface area contributed by atoms with Gasteiger partial charge < -0.3 is 14.4 Å². The van der Waals surface area contributed by atoms with Gasteiger partial charge >= 0.3 is 0 Å². The van der Waals surface area contributed by atoms with Gasteiger partial charge in [0.15, 0.2) is 0 Å². The Hall–Kier alpha value is -2.65. The molecular weight excluding hydrogens is 411 g/mol. The molecule has 0 atom stereocenters. The van der Waals surface area contributed by atoms with Crippen molar-refractivity contribution >= 4 is 21.6 Å². The van der Waals surface area contributed by atoms with Crippen molar-refractivity contribution in [2.45, 2.75) is 17.7 Å². The number of hydrogen-bond donors (Lipinski definition) is 0. The van der Waals surface area contributed by atoms with Crippen LogP contribution in [-0.2, 0) is 14.8 Å². The molecule has 0 aliphatic carbocycles. The Balaban J connectivity index is 1.72. The van der Waals surface area contributed by atoms with Gasteiger partial charge in [0.05, 0.1) is 14.2 Å². The number of amides is 1. The van der Waals surface area contributed by atoms with Crippen LogP contribution in [0.25, 0.3) is 0 Å². The zero-order valence-corrected chi connectivity index (χ0v) is 18.0. The van der Waals surface area contributed by atoms with E-state index in [2.05, 4.69) is 0 Å². The number of benzene rings is 2. The van der Waals surface area contributed by atoms with E-state index < -0.39 is 10.0 Å². The predicted octanol–water partition coefficient (Wildman–Crippen LogP) is 2.91. The quantitative estimate of drug-likeness (QED) is 0.696. The van der Waals surface area contributed by atoms with Crippen molar-refractivity contribution in [3.63, 3.8) is 0 Å². The highest BCUT2D eigenvalue weighted by atomic mass is 32.2. The first kappa shape index (κ1) is 22.0. The number of carbonyl (C=O) groups is 1. The van der Waals surface area contributed by atoms with E-state index in [1.807, 2.05) is 0 Å². The molecule has 0 bridgehead atoms. The zero-order chi connectivity index (χ0) is 21.9. The summed E-state index contributed by atoms with van der Waals surface area (Å²) in [6, 6.07) is 10.3. The average Bonchev–Trinajstić information content (AvgIpc) is 2.78. The molecule has 162 valence electrons. The van der Waals surface area contributed by atoms with Gasteiger partial charge in [0.1, 0.15) is 22.2 Å². The third-order valence-corrected chi connectivity index (χ3v) is 7.26. The number of piperidine rings is 1. The zero-order valence-electron chi connectivity index (χ0n) is 17.2. The van der Waals surface area contributed by atoms with Gasteiger partial charge in [0, 0.05) is 37.8 Å². The highest BCUT2D eigenvalue weighted by Gasteiger charge is 2.35. The molecule has 0 N–H and O–H groups in total. The normalized spacial score (nSPS) is 15.6. The number of anilines is 1. The highest BCUT2D eigenvalue weighted by molar-refractivity contribution is 7.89. The first-order chi connectivity index (χ1) is 14.3. The van der Waals surface area contributed by atoms with Crippen LogP contribution in [0.5, 0.6) is 11.5 Å². The second-order valence-electron chi connectivity index (χ2n) is 7.07. The molecule has 1 fully saturated rings. The predicted molar refractivity (Wildman–Crippen MR) is 111 cm³/mol. The van der Waals surface area contributed by atoms with Crippen molar-refractivity contribution < 1.29 is 27.1 Å². The number of methoxy groups -OCH3 is 2. The standard InChI is InChI=1S/C21H25FN2O5S/c1-23(17-6-4-16(22)5-7-17)21(25)15-10-12-24(13-11-15)30(26,27)20-14-18(28-2)8-9-19(20)29-3/h4-9,14-15H,10-13H2,1-3H3. The van der Waals surface area contributed by atoms with E-state index in [0.717, 1.165) is 0 Å². The maximum atomic E-state index is 13.2. The molecule has 7 nitrogen and oxygen atoms in total. The molecule has 1 heterocycles. The Morgan fingerprint density at radius 2 is 1.70 bits per heavy atom. The Labute approximate surface area is 176 Å². The Morgan fingerprint density at radius 3 is 2.27 bits per heavy atom. The van der Waals surface area contributed by atoms with Gasteiger partial charge in [-0.25, -0.2) is 12.8 Å². The SMILES string of the molecule is COc1ccc(OC)c(S(=O)(=O)N2CCC(C(=O)N(C)c3ccc(F)cc3)CC2)c1. The van der Waals surface area contributed by atoms with E-state index >= 15 is 0 Å². The monoisotopic (exact) mass is 436 g/mol. The molecule has 30 heavy (non-hydrogen) atoms. The van der Waals surface area contributed by atoms with Gasteiger partial charge in [-0.3, -0.25) is 4.79 Å². The molecule has 0 unspecified atom stereocenters. The smallest absolute Gasteiger partial charge is 0.246 e. The fourth-order valence-electron chi connectivity index (χ4n) is 3.53. The summed E-state index contributed by atoms with van der Waals surface area (Å²) in [5.74, 6) is -0.132. The number of sulfonamides is 1. The van der Waals surface area contributed by atoms with Gasteiger partial charge in [-0.15, -0.1) is 0 Å². The number of ether oxygens (including phenoxy) is 2. The third kappa shape index (κ3) is 4.41. The van der Waals surface area contributed by atoms with E-state index in [-0.39, 0.29) is 41.4 Å². The van der Waals surface area contributed by atoms with Crippen LogP contribution in [0.4, 0.5) is 10.1 Å². The highest BCUT2D eigenvalue weighted by Crippen LogP contribution is 2.33. The Kier molecular flexibility index (Phi) is 6.62. The van der Waals surface area contributed by atoms with Gasteiger partial charge in [-0.2, -0.15) is 4.31 Å². The minimum atomic E-state index is -3.80. The Morgan fingerprint density at radius 1 is 1.07 bits per heavy atom. The molecule has 3 rings (SSSR count). The van der Waals surface area contributed by atoms with Gasteiger partial charge in [0.25, 0.3) is 0 Å². The summed E-state index contributed by atoms with van der Waals surface area (Å²) in [5.41, 5.74) is 0.595. The van der Waals surface area contributed by atoms with Crippen LogP contribution in [0.2, 0.25) is 0 Å². The number of rotatable bonds is 6. The molecule has 0 spiro atoms. The van der Waals surface area contributed by atoms with Crippen molar-refractivity contribution in [3.8, 4) is 11.5 Å². The van der Waals surface area contributed by atoms with Crippen molar-refractivity contribution in [1.82, 2.24) is 4.31 Å². The van der Waals surface area contributed by atoms with Gasteiger partial charge in [-0.1, -0.05) is 0 Å². The second-order valence-corrected chi connectivity index (χ2v) is 8.98. The summed E-state index contributed by atoms with van der Waals surface area (Å²) in [7, 11) is 0.716. The molecule has 1 aliphatic rings. The van der Waals surface area contributed by atoms with Gasteiger partial charge in [-0.05, 0) is 49.2 Å². The fourth-order valence-corrected chi connectivity index (χ4v) is 5.17. The third-order valence-electron chi connectivity index (χ3n) is 5.34. The fraction of sp³-hybridized carbons (Fsp3) is 0.381. The summed E-state index contributed by atoms with van der Waals surface area (Å²) in [6.45, 7) is 0.437. The van der Waals surface area contributed by atoms with Crippen LogP contribution in [0.15, 0.2) is 47.4 Å². The summed E-state index contributed by atoms with van der Waals surface area (Å²) in [6.07, 6.45) is 0.797. The number of nitrogens with zero attached hydrogens (tertiary/aromatic N) is 2. The van der Waals surface area contributed by atoms with E-state index in [4.69, 9.17) is 9.47 Å². The van der Waals surface area contributed by atoms with Crippen LogP contribution >= 0.6 is 0 Å². The molecular formula is C21H25FN2O5S. The Bertz CT molecular complexity index is 1000. The van der Waals surface area contributed by atoms with E-state index in [9.17, 15) is 17.6 Å². The molecule has 1 amide bonds. The first-order valence-electron chi connectivity index (χ1n) is 9.53. The minimum Gasteiger partial charge on any atom is -0.497 e. The molecule has 0 saturated carbocycles. The maximum absolute atomic E-state index is 13.2. The largest absolute Gasteiger partial charge is 0.497 e. The molecule has 0 aromatic heterocycles. The van der Waals surface area contributed by atoms with Crippen LogP contribution in [0, 0.1) is 11.7 Å².